The molecule has 3 N–H and O–H groups in total. The summed E-state index contributed by atoms with van der Waals surface area (Å²) in [5, 5.41) is 6.30. The lowest BCUT2D eigenvalue weighted by atomic mass is 10.2. The van der Waals surface area contributed by atoms with Crippen LogP contribution in [0.2, 0.25) is 0 Å². The molecular formula is C15H21N5O. The molecule has 0 radical (unpaired) electrons. The number of aromatic amines is 1. The second kappa shape index (κ2) is 6.24. The Morgan fingerprint density at radius 2 is 2.29 bits per heavy atom. The van der Waals surface area contributed by atoms with E-state index in [-0.39, 0.29) is 5.91 Å². The van der Waals surface area contributed by atoms with Gasteiger partial charge in [-0.05, 0) is 44.6 Å². The number of H-pyrrole nitrogens is 1. The molecule has 1 fully saturated rings. The van der Waals surface area contributed by atoms with Crippen molar-refractivity contribution >= 4 is 22.6 Å². The van der Waals surface area contributed by atoms with Gasteiger partial charge in [0.1, 0.15) is 5.82 Å². The highest BCUT2D eigenvalue weighted by Gasteiger charge is 2.13. The van der Waals surface area contributed by atoms with E-state index in [1.54, 1.807) is 0 Å². The SMILES string of the molecule is Cc1nc2ccc(NC(=O)CN3CCCNCC3)cc2[nH]1. The molecule has 21 heavy (non-hydrogen) atoms. The highest BCUT2D eigenvalue weighted by molar-refractivity contribution is 5.94. The molecule has 1 aromatic carbocycles. The molecule has 0 unspecified atom stereocenters. The molecule has 1 aliphatic rings. The van der Waals surface area contributed by atoms with Gasteiger partial charge in [-0.25, -0.2) is 4.98 Å². The number of benzene rings is 1. The molecule has 112 valence electrons. The molecule has 3 rings (SSSR count). The van der Waals surface area contributed by atoms with E-state index in [1.807, 2.05) is 25.1 Å². The first-order valence-corrected chi connectivity index (χ1v) is 7.40. The van der Waals surface area contributed by atoms with Gasteiger partial charge in [0, 0.05) is 18.8 Å². The largest absolute Gasteiger partial charge is 0.342 e. The highest BCUT2D eigenvalue weighted by Crippen LogP contribution is 2.17. The van der Waals surface area contributed by atoms with Crippen LogP contribution in [0.1, 0.15) is 12.2 Å². The van der Waals surface area contributed by atoms with Crippen molar-refractivity contribution in [3.63, 3.8) is 0 Å². The molecule has 0 spiro atoms. The standard InChI is InChI=1S/C15H21N5O/c1-11-17-13-4-3-12(9-14(13)18-11)19-15(21)10-20-7-2-5-16-6-8-20/h3-4,9,16H,2,5-8,10H2,1H3,(H,17,18)(H,19,21). The van der Waals surface area contributed by atoms with Gasteiger partial charge in [-0.1, -0.05) is 0 Å². The predicted molar refractivity (Wildman–Crippen MR) is 83.4 cm³/mol. The maximum absolute atomic E-state index is 12.1. The van der Waals surface area contributed by atoms with Crippen molar-refractivity contribution in [2.24, 2.45) is 0 Å². The number of rotatable bonds is 3. The zero-order chi connectivity index (χ0) is 14.7. The number of fused-ring (bicyclic) bond motifs is 1. The van der Waals surface area contributed by atoms with E-state index < -0.39 is 0 Å². The van der Waals surface area contributed by atoms with Crippen LogP contribution in [0.3, 0.4) is 0 Å². The third-order valence-electron chi connectivity index (χ3n) is 3.68. The van der Waals surface area contributed by atoms with Crippen LogP contribution >= 0.6 is 0 Å². The number of hydrogen-bond donors (Lipinski definition) is 3. The van der Waals surface area contributed by atoms with Gasteiger partial charge in [0.2, 0.25) is 5.91 Å². The number of amides is 1. The van der Waals surface area contributed by atoms with Crippen LogP contribution in [0.15, 0.2) is 18.2 Å². The van der Waals surface area contributed by atoms with Gasteiger partial charge < -0.3 is 15.6 Å². The number of imidazole rings is 1. The maximum atomic E-state index is 12.1. The van der Waals surface area contributed by atoms with Gasteiger partial charge in [0.25, 0.3) is 0 Å². The Kier molecular flexibility index (Phi) is 4.17. The Morgan fingerprint density at radius 3 is 3.19 bits per heavy atom. The van der Waals surface area contributed by atoms with Crippen molar-refractivity contribution in [2.75, 3.05) is 38.0 Å². The number of aryl methyl sites for hydroxylation is 1. The van der Waals surface area contributed by atoms with Crippen LogP contribution < -0.4 is 10.6 Å². The first-order valence-electron chi connectivity index (χ1n) is 7.40. The molecule has 6 heteroatoms. The minimum atomic E-state index is 0.0347. The van der Waals surface area contributed by atoms with E-state index in [2.05, 4.69) is 25.5 Å². The third-order valence-corrected chi connectivity index (χ3v) is 3.68. The van der Waals surface area contributed by atoms with Crippen LogP contribution in [0.4, 0.5) is 5.69 Å². The van der Waals surface area contributed by atoms with Crippen LogP contribution in [-0.2, 0) is 4.79 Å². The van der Waals surface area contributed by atoms with Crippen LogP contribution in [-0.4, -0.2) is 53.5 Å². The van der Waals surface area contributed by atoms with Gasteiger partial charge in [-0.2, -0.15) is 0 Å². The summed E-state index contributed by atoms with van der Waals surface area (Å²) in [6, 6.07) is 5.74. The van der Waals surface area contributed by atoms with Crippen molar-refractivity contribution in [3.8, 4) is 0 Å². The first-order chi connectivity index (χ1) is 10.2. The molecule has 0 atom stereocenters. The summed E-state index contributed by atoms with van der Waals surface area (Å²) in [6.07, 6.45) is 1.09. The van der Waals surface area contributed by atoms with Gasteiger partial charge in [0.15, 0.2) is 0 Å². The molecule has 0 bridgehead atoms. The van der Waals surface area contributed by atoms with E-state index in [0.29, 0.717) is 6.54 Å². The fourth-order valence-corrected chi connectivity index (χ4v) is 2.68. The van der Waals surface area contributed by atoms with E-state index in [1.165, 1.54) is 0 Å². The second-order valence-corrected chi connectivity index (χ2v) is 5.48. The van der Waals surface area contributed by atoms with Crippen LogP contribution in [0.25, 0.3) is 11.0 Å². The molecule has 1 amide bonds. The third kappa shape index (κ3) is 3.59. The van der Waals surface area contributed by atoms with Gasteiger partial charge in [-0.15, -0.1) is 0 Å². The number of anilines is 1. The number of hydrogen-bond acceptors (Lipinski definition) is 4. The van der Waals surface area contributed by atoms with Gasteiger partial charge in [0.05, 0.1) is 17.6 Å². The van der Waals surface area contributed by atoms with E-state index in [0.717, 1.165) is 55.1 Å². The summed E-state index contributed by atoms with van der Waals surface area (Å²) in [5.74, 6) is 0.915. The number of aromatic nitrogens is 2. The number of carbonyl (C=O) groups is 1. The Hall–Kier alpha value is -1.92. The summed E-state index contributed by atoms with van der Waals surface area (Å²) in [6.45, 7) is 6.25. The molecule has 0 saturated carbocycles. The summed E-state index contributed by atoms with van der Waals surface area (Å²) < 4.78 is 0. The molecule has 1 aliphatic heterocycles. The van der Waals surface area contributed by atoms with Crippen molar-refractivity contribution in [3.05, 3.63) is 24.0 Å². The van der Waals surface area contributed by atoms with Crippen molar-refractivity contribution in [1.82, 2.24) is 20.2 Å². The smallest absolute Gasteiger partial charge is 0.238 e. The summed E-state index contributed by atoms with van der Waals surface area (Å²) in [7, 11) is 0. The lowest BCUT2D eigenvalue weighted by Crippen LogP contribution is -2.35. The number of nitrogens with zero attached hydrogens (tertiary/aromatic N) is 2. The predicted octanol–water partition coefficient (Wildman–Crippen LogP) is 1.11. The highest BCUT2D eigenvalue weighted by atomic mass is 16.2. The zero-order valence-corrected chi connectivity index (χ0v) is 12.3. The van der Waals surface area contributed by atoms with Crippen molar-refractivity contribution in [2.45, 2.75) is 13.3 Å². The average molecular weight is 287 g/mol. The molecule has 2 aromatic rings. The normalized spacial score (nSPS) is 16.8. The van der Waals surface area contributed by atoms with E-state index >= 15 is 0 Å². The molecular weight excluding hydrogens is 266 g/mol. The fourth-order valence-electron chi connectivity index (χ4n) is 2.68. The van der Waals surface area contributed by atoms with Crippen molar-refractivity contribution < 1.29 is 4.79 Å². The Labute approximate surface area is 123 Å². The monoisotopic (exact) mass is 287 g/mol. The Bertz CT molecular complexity index is 628. The first kappa shape index (κ1) is 14.0. The number of nitrogens with one attached hydrogen (secondary N) is 3. The maximum Gasteiger partial charge on any atom is 0.238 e. The van der Waals surface area contributed by atoms with Gasteiger partial charge in [-0.3, -0.25) is 9.69 Å². The van der Waals surface area contributed by atoms with Crippen molar-refractivity contribution in [1.29, 1.82) is 0 Å². The topological polar surface area (TPSA) is 73.1 Å². The minimum absolute atomic E-state index is 0.0347. The lowest BCUT2D eigenvalue weighted by molar-refractivity contribution is -0.117. The molecule has 2 heterocycles. The second-order valence-electron chi connectivity index (χ2n) is 5.48. The zero-order valence-electron chi connectivity index (χ0n) is 12.3. The van der Waals surface area contributed by atoms with E-state index in [9.17, 15) is 4.79 Å². The average Bonchev–Trinajstić information content (AvgIpc) is 2.64. The molecule has 1 aromatic heterocycles. The minimum Gasteiger partial charge on any atom is -0.342 e. The van der Waals surface area contributed by atoms with E-state index in [4.69, 9.17) is 0 Å². The van der Waals surface area contributed by atoms with Crippen LogP contribution in [0.5, 0.6) is 0 Å². The molecule has 1 saturated heterocycles. The fraction of sp³-hybridized carbons (Fsp3) is 0.467. The quantitative estimate of drug-likeness (QED) is 0.790. The Morgan fingerprint density at radius 1 is 1.38 bits per heavy atom. The Balaban J connectivity index is 1.62. The summed E-state index contributed by atoms with van der Waals surface area (Å²) >= 11 is 0. The lowest BCUT2D eigenvalue weighted by Gasteiger charge is -2.18. The number of carbonyl (C=O) groups excluding carboxylic acids is 1. The summed E-state index contributed by atoms with van der Waals surface area (Å²) in [4.78, 5) is 21.9. The van der Waals surface area contributed by atoms with Crippen LogP contribution in [0, 0.1) is 6.92 Å². The molecule has 6 nitrogen and oxygen atoms in total. The summed E-state index contributed by atoms with van der Waals surface area (Å²) in [5.41, 5.74) is 2.68. The van der Waals surface area contributed by atoms with Gasteiger partial charge >= 0.3 is 0 Å². The molecule has 0 aliphatic carbocycles.